The molecule has 0 saturated heterocycles. The Bertz CT molecular complexity index is 123. The Kier molecular flexibility index (Phi) is 12.9. The summed E-state index contributed by atoms with van der Waals surface area (Å²) in [4.78, 5) is 0. The van der Waals surface area contributed by atoms with Gasteiger partial charge in [0.15, 0.2) is 0 Å². The zero-order chi connectivity index (χ0) is 12.1. The molecule has 1 heteroatoms. The fourth-order valence-corrected chi connectivity index (χ4v) is 2.08. The first-order chi connectivity index (χ1) is 7.81. The zero-order valence-electron chi connectivity index (χ0n) is 11.4. The topological polar surface area (TPSA) is 0 Å². The minimum absolute atomic E-state index is 0.526. The molecule has 0 aliphatic heterocycles. The third kappa shape index (κ3) is 12.0. The predicted molar refractivity (Wildman–Crippen MR) is 71.6 cm³/mol. The van der Waals surface area contributed by atoms with Crippen LogP contribution in [0.2, 0.25) is 0 Å². The molecule has 1 unspecified atom stereocenters. The van der Waals surface area contributed by atoms with E-state index in [0.717, 1.165) is 25.7 Å². The number of alkyl halides is 1. The molecular weight excluding hydrogens is 199 g/mol. The van der Waals surface area contributed by atoms with Gasteiger partial charge in [0.1, 0.15) is 6.17 Å². The second-order valence-electron chi connectivity index (χ2n) is 5.00. The van der Waals surface area contributed by atoms with Crippen molar-refractivity contribution in [3.8, 4) is 0 Å². The Morgan fingerprint density at radius 3 is 1.56 bits per heavy atom. The third-order valence-electron chi connectivity index (χ3n) is 3.24. The van der Waals surface area contributed by atoms with Crippen molar-refractivity contribution in [3.05, 3.63) is 0 Å². The van der Waals surface area contributed by atoms with E-state index in [1.54, 1.807) is 0 Å². The quantitative estimate of drug-likeness (QED) is 0.358. The lowest BCUT2D eigenvalue weighted by Gasteiger charge is -2.07. The standard InChI is InChI=1S/C15H31F/c1-3-5-7-8-9-10-12-14-15(16)13-11-6-4-2/h15H,3-14H2,1-2H3. The first-order valence-electron chi connectivity index (χ1n) is 7.45. The van der Waals surface area contributed by atoms with Gasteiger partial charge in [0, 0.05) is 0 Å². The highest BCUT2D eigenvalue weighted by atomic mass is 19.1. The molecule has 0 amide bonds. The maximum atomic E-state index is 13.4. The normalized spacial score (nSPS) is 12.9. The van der Waals surface area contributed by atoms with Crippen molar-refractivity contribution in [2.45, 2.75) is 97.1 Å². The van der Waals surface area contributed by atoms with Crippen LogP contribution < -0.4 is 0 Å². The van der Waals surface area contributed by atoms with Gasteiger partial charge < -0.3 is 0 Å². The third-order valence-corrected chi connectivity index (χ3v) is 3.24. The summed E-state index contributed by atoms with van der Waals surface area (Å²) in [6.07, 6.45) is 13.6. The molecule has 0 aromatic rings. The zero-order valence-corrected chi connectivity index (χ0v) is 11.4. The molecule has 0 aliphatic carbocycles. The van der Waals surface area contributed by atoms with Crippen LogP contribution in [-0.4, -0.2) is 6.17 Å². The van der Waals surface area contributed by atoms with E-state index in [1.807, 2.05) is 0 Å². The summed E-state index contributed by atoms with van der Waals surface area (Å²) >= 11 is 0. The molecule has 0 N–H and O–H groups in total. The number of unbranched alkanes of at least 4 members (excludes halogenated alkanes) is 8. The van der Waals surface area contributed by atoms with E-state index in [4.69, 9.17) is 0 Å². The number of halogens is 1. The van der Waals surface area contributed by atoms with Crippen LogP contribution in [0.25, 0.3) is 0 Å². The van der Waals surface area contributed by atoms with Crippen molar-refractivity contribution >= 4 is 0 Å². The molecule has 0 saturated carbocycles. The molecule has 0 rings (SSSR count). The lowest BCUT2D eigenvalue weighted by molar-refractivity contribution is 0.279. The summed E-state index contributed by atoms with van der Waals surface area (Å²) in [6, 6.07) is 0. The van der Waals surface area contributed by atoms with Gasteiger partial charge in [-0.15, -0.1) is 0 Å². The molecule has 0 aliphatic rings. The van der Waals surface area contributed by atoms with Crippen LogP contribution in [0.1, 0.15) is 90.9 Å². The van der Waals surface area contributed by atoms with E-state index >= 15 is 0 Å². The van der Waals surface area contributed by atoms with Gasteiger partial charge in [-0.05, 0) is 12.8 Å². The van der Waals surface area contributed by atoms with Crippen LogP contribution >= 0.6 is 0 Å². The van der Waals surface area contributed by atoms with Crippen molar-refractivity contribution in [2.75, 3.05) is 0 Å². The summed E-state index contributed by atoms with van der Waals surface area (Å²) < 4.78 is 13.4. The fraction of sp³-hybridized carbons (Fsp3) is 1.00. The number of hydrogen-bond acceptors (Lipinski definition) is 0. The van der Waals surface area contributed by atoms with Crippen LogP contribution in [0.15, 0.2) is 0 Å². The van der Waals surface area contributed by atoms with Gasteiger partial charge in [0.05, 0.1) is 0 Å². The van der Waals surface area contributed by atoms with Gasteiger partial charge in [0.2, 0.25) is 0 Å². The van der Waals surface area contributed by atoms with Crippen molar-refractivity contribution in [3.63, 3.8) is 0 Å². The predicted octanol–water partition coefficient (Wildman–Crippen LogP) is 6.05. The molecule has 0 aromatic carbocycles. The summed E-state index contributed by atoms with van der Waals surface area (Å²) in [5, 5.41) is 0. The Morgan fingerprint density at radius 2 is 1.00 bits per heavy atom. The maximum absolute atomic E-state index is 13.4. The molecule has 0 fully saturated rings. The van der Waals surface area contributed by atoms with E-state index in [0.29, 0.717) is 0 Å². The fourth-order valence-electron chi connectivity index (χ4n) is 2.08. The van der Waals surface area contributed by atoms with E-state index < -0.39 is 6.17 Å². The van der Waals surface area contributed by atoms with E-state index in [9.17, 15) is 4.39 Å². The SMILES string of the molecule is CCCCCCCCCC(F)CCCCC. The molecule has 0 aromatic heterocycles. The molecule has 16 heavy (non-hydrogen) atoms. The van der Waals surface area contributed by atoms with Gasteiger partial charge in [-0.1, -0.05) is 78.1 Å². The highest BCUT2D eigenvalue weighted by Gasteiger charge is 2.04. The van der Waals surface area contributed by atoms with Crippen molar-refractivity contribution in [1.29, 1.82) is 0 Å². The first kappa shape index (κ1) is 15.9. The lowest BCUT2D eigenvalue weighted by Crippen LogP contribution is -1.99. The van der Waals surface area contributed by atoms with E-state index in [1.165, 1.54) is 51.4 Å². The van der Waals surface area contributed by atoms with Crippen molar-refractivity contribution in [2.24, 2.45) is 0 Å². The summed E-state index contributed by atoms with van der Waals surface area (Å²) in [5.74, 6) is 0. The number of hydrogen-bond donors (Lipinski definition) is 0. The number of rotatable bonds is 12. The van der Waals surface area contributed by atoms with Crippen molar-refractivity contribution < 1.29 is 4.39 Å². The van der Waals surface area contributed by atoms with E-state index in [-0.39, 0.29) is 0 Å². The minimum Gasteiger partial charge on any atom is -0.247 e. The summed E-state index contributed by atoms with van der Waals surface area (Å²) in [5.41, 5.74) is 0. The van der Waals surface area contributed by atoms with Gasteiger partial charge >= 0.3 is 0 Å². The average molecular weight is 230 g/mol. The summed E-state index contributed by atoms with van der Waals surface area (Å²) in [6.45, 7) is 4.41. The Hall–Kier alpha value is -0.0700. The van der Waals surface area contributed by atoms with Crippen LogP contribution in [0.5, 0.6) is 0 Å². The molecule has 1 atom stereocenters. The van der Waals surface area contributed by atoms with Gasteiger partial charge in [-0.25, -0.2) is 4.39 Å². The minimum atomic E-state index is -0.526. The molecule has 98 valence electrons. The first-order valence-corrected chi connectivity index (χ1v) is 7.45. The average Bonchev–Trinajstić information content (AvgIpc) is 2.28. The molecule has 0 nitrogen and oxygen atoms in total. The highest BCUT2D eigenvalue weighted by Crippen LogP contribution is 2.15. The van der Waals surface area contributed by atoms with Gasteiger partial charge in [-0.3, -0.25) is 0 Å². The largest absolute Gasteiger partial charge is 0.247 e. The Morgan fingerprint density at radius 1 is 0.625 bits per heavy atom. The van der Waals surface area contributed by atoms with E-state index in [2.05, 4.69) is 13.8 Å². The highest BCUT2D eigenvalue weighted by molar-refractivity contribution is 4.57. The van der Waals surface area contributed by atoms with Gasteiger partial charge in [0.25, 0.3) is 0 Å². The Labute approximate surface area is 102 Å². The van der Waals surface area contributed by atoms with Crippen LogP contribution in [0.3, 0.4) is 0 Å². The van der Waals surface area contributed by atoms with Gasteiger partial charge in [-0.2, -0.15) is 0 Å². The molecule has 0 heterocycles. The Balaban J connectivity index is 3.06. The molecule has 0 spiro atoms. The maximum Gasteiger partial charge on any atom is 0.100 e. The van der Waals surface area contributed by atoms with Crippen LogP contribution in [-0.2, 0) is 0 Å². The lowest BCUT2D eigenvalue weighted by atomic mass is 10.0. The smallest absolute Gasteiger partial charge is 0.100 e. The van der Waals surface area contributed by atoms with Crippen LogP contribution in [0, 0.1) is 0 Å². The van der Waals surface area contributed by atoms with Crippen molar-refractivity contribution in [1.82, 2.24) is 0 Å². The molecule has 0 bridgehead atoms. The second kappa shape index (κ2) is 13.0. The molecule has 0 radical (unpaired) electrons. The monoisotopic (exact) mass is 230 g/mol. The van der Waals surface area contributed by atoms with Crippen LogP contribution in [0.4, 0.5) is 4.39 Å². The second-order valence-corrected chi connectivity index (χ2v) is 5.00. The molecular formula is C15H31F. The summed E-state index contributed by atoms with van der Waals surface area (Å²) in [7, 11) is 0.